The fourth-order valence-corrected chi connectivity index (χ4v) is 6.63. The minimum atomic E-state index is 0.919. The van der Waals surface area contributed by atoms with Crippen molar-refractivity contribution in [3.05, 3.63) is 151 Å². The summed E-state index contributed by atoms with van der Waals surface area (Å²) < 4.78 is 0. The highest BCUT2D eigenvalue weighted by atomic mass is 14.7. The zero-order valence-corrected chi connectivity index (χ0v) is 24.0. The van der Waals surface area contributed by atoms with Gasteiger partial charge in [0.05, 0.1) is 5.69 Å². The fourth-order valence-electron chi connectivity index (χ4n) is 6.63. The first-order valence-electron chi connectivity index (χ1n) is 14.7. The fraction of sp³-hybridized carbons (Fsp3) is 0.0238. The van der Waals surface area contributed by atoms with Crippen molar-refractivity contribution in [1.29, 1.82) is 0 Å². The Balaban J connectivity index is 1.50. The normalized spacial score (nSPS) is 11.5. The molecule has 8 aromatic rings. The SMILES string of the molecule is C=Nc1cc(-c2ccc3c(-c4ccc5ccccc5c4)c4ccccc4c(-c4ccc5ccccc5c4)c3c2)ccc1C. The van der Waals surface area contributed by atoms with Gasteiger partial charge in [0.15, 0.2) is 0 Å². The topological polar surface area (TPSA) is 12.4 Å². The van der Waals surface area contributed by atoms with Crippen LogP contribution in [0.4, 0.5) is 5.69 Å². The van der Waals surface area contributed by atoms with Crippen LogP contribution in [0.5, 0.6) is 0 Å². The number of hydrogen-bond donors (Lipinski definition) is 0. The van der Waals surface area contributed by atoms with Gasteiger partial charge in [-0.3, -0.25) is 4.99 Å². The number of hydrogen-bond acceptors (Lipinski definition) is 1. The molecule has 8 rings (SSSR count). The predicted octanol–water partition coefficient (Wildman–Crippen LogP) is 11.9. The number of aryl methyl sites for hydroxylation is 1. The quantitative estimate of drug-likeness (QED) is 0.153. The van der Waals surface area contributed by atoms with Gasteiger partial charge in [-0.2, -0.15) is 0 Å². The molecule has 0 aliphatic heterocycles. The molecule has 0 heterocycles. The number of nitrogens with zero attached hydrogens (tertiary/aromatic N) is 1. The van der Waals surface area contributed by atoms with Crippen LogP contribution in [0.15, 0.2) is 151 Å². The van der Waals surface area contributed by atoms with E-state index in [0.717, 1.165) is 16.8 Å². The lowest BCUT2D eigenvalue weighted by Gasteiger charge is -2.19. The van der Waals surface area contributed by atoms with Crippen molar-refractivity contribution in [2.75, 3.05) is 0 Å². The Kier molecular flexibility index (Phi) is 5.91. The Bertz CT molecular complexity index is 2380. The first kappa shape index (κ1) is 25.2. The van der Waals surface area contributed by atoms with Crippen LogP contribution in [-0.4, -0.2) is 6.72 Å². The van der Waals surface area contributed by atoms with Gasteiger partial charge in [0.25, 0.3) is 0 Å². The van der Waals surface area contributed by atoms with Crippen LogP contribution in [0.25, 0.3) is 76.5 Å². The van der Waals surface area contributed by atoms with E-state index in [1.54, 1.807) is 0 Å². The van der Waals surface area contributed by atoms with Gasteiger partial charge in [-0.1, -0.05) is 121 Å². The number of fused-ring (bicyclic) bond motifs is 4. The molecule has 0 fully saturated rings. The minimum Gasteiger partial charge on any atom is -0.264 e. The second-order valence-electron chi connectivity index (χ2n) is 11.3. The summed E-state index contributed by atoms with van der Waals surface area (Å²) in [4.78, 5) is 4.28. The highest BCUT2D eigenvalue weighted by Gasteiger charge is 2.18. The molecule has 8 aromatic carbocycles. The van der Waals surface area contributed by atoms with Gasteiger partial charge in [0.2, 0.25) is 0 Å². The third-order valence-corrected chi connectivity index (χ3v) is 8.81. The largest absolute Gasteiger partial charge is 0.264 e. The molecule has 43 heavy (non-hydrogen) atoms. The first-order chi connectivity index (χ1) is 21.2. The molecular formula is C42H29N. The molecule has 0 amide bonds. The van der Waals surface area contributed by atoms with E-state index in [1.807, 2.05) is 0 Å². The number of aliphatic imine (C=N–C) groups is 1. The molecule has 0 aromatic heterocycles. The molecule has 0 aliphatic carbocycles. The molecule has 0 saturated heterocycles. The summed E-state index contributed by atoms with van der Waals surface area (Å²) in [6.45, 7) is 5.88. The third kappa shape index (κ3) is 4.21. The van der Waals surface area contributed by atoms with Crippen LogP contribution < -0.4 is 0 Å². The van der Waals surface area contributed by atoms with Crippen LogP contribution in [0.3, 0.4) is 0 Å². The smallest absolute Gasteiger partial charge is 0.0657 e. The Morgan fingerprint density at radius 1 is 0.395 bits per heavy atom. The highest BCUT2D eigenvalue weighted by Crippen LogP contribution is 2.45. The summed E-state index contributed by atoms with van der Waals surface area (Å²) in [7, 11) is 0. The van der Waals surface area contributed by atoms with Gasteiger partial charge in [0, 0.05) is 0 Å². The highest BCUT2D eigenvalue weighted by molar-refractivity contribution is 6.22. The van der Waals surface area contributed by atoms with E-state index >= 15 is 0 Å². The Morgan fingerprint density at radius 2 is 0.860 bits per heavy atom. The predicted molar refractivity (Wildman–Crippen MR) is 187 cm³/mol. The summed E-state index contributed by atoms with van der Waals surface area (Å²) in [5.74, 6) is 0. The molecule has 0 atom stereocenters. The molecule has 0 saturated carbocycles. The summed E-state index contributed by atoms with van der Waals surface area (Å²) >= 11 is 0. The van der Waals surface area contributed by atoms with Gasteiger partial charge in [-0.15, -0.1) is 0 Å². The average molecular weight is 548 g/mol. The molecular weight excluding hydrogens is 518 g/mol. The second-order valence-corrected chi connectivity index (χ2v) is 11.3. The van der Waals surface area contributed by atoms with E-state index in [-0.39, 0.29) is 0 Å². The molecule has 0 N–H and O–H groups in total. The van der Waals surface area contributed by atoms with E-state index in [4.69, 9.17) is 0 Å². The number of benzene rings is 8. The lowest BCUT2D eigenvalue weighted by molar-refractivity contribution is 1.41. The maximum Gasteiger partial charge on any atom is 0.0657 e. The minimum absolute atomic E-state index is 0.919. The van der Waals surface area contributed by atoms with E-state index in [9.17, 15) is 0 Å². The lowest BCUT2D eigenvalue weighted by atomic mass is 9.84. The third-order valence-electron chi connectivity index (χ3n) is 8.81. The van der Waals surface area contributed by atoms with Crippen LogP contribution in [0.1, 0.15) is 5.56 Å². The van der Waals surface area contributed by atoms with E-state index in [1.165, 1.54) is 70.9 Å². The molecule has 0 bridgehead atoms. The lowest BCUT2D eigenvalue weighted by Crippen LogP contribution is -1.92. The second kappa shape index (κ2) is 10.1. The van der Waals surface area contributed by atoms with Crippen molar-refractivity contribution >= 4 is 55.5 Å². The monoisotopic (exact) mass is 547 g/mol. The van der Waals surface area contributed by atoms with Crippen molar-refractivity contribution in [1.82, 2.24) is 0 Å². The van der Waals surface area contributed by atoms with Gasteiger partial charge in [0.1, 0.15) is 0 Å². The maximum absolute atomic E-state index is 4.28. The summed E-state index contributed by atoms with van der Waals surface area (Å²) in [6, 6.07) is 53.2. The van der Waals surface area contributed by atoms with Gasteiger partial charge >= 0.3 is 0 Å². The Morgan fingerprint density at radius 3 is 1.47 bits per heavy atom. The van der Waals surface area contributed by atoms with Crippen LogP contribution in [0.2, 0.25) is 0 Å². The summed E-state index contributed by atoms with van der Waals surface area (Å²) in [6.07, 6.45) is 0. The Hall–Kier alpha value is -5.53. The zero-order valence-electron chi connectivity index (χ0n) is 24.0. The van der Waals surface area contributed by atoms with Crippen LogP contribution in [-0.2, 0) is 0 Å². The summed E-state index contributed by atoms with van der Waals surface area (Å²) in [5, 5.41) is 9.98. The van der Waals surface area contributed by atoms with Crippen molar-refractivity contribution < 1.29 is 0 Å². The Labute approximate surface area is 251 Å². The number of rotatable bonds is 4. The standard InChI is InChI=1S/C42H29N/c1-27-15-16-33(26-40(27)43-2)32-21-22-38-39(25-32)42(35-20-18-29-10-4-6-12-31(29)24-35)37-14-8-7-13-36(37)41(38)34-19-17-28-9-3-5-11-30(28)23-34/h3-26H,2H2,1H3. The van der Waals surface area contributed by atoms with Crippen molar-refractivity contribution in [2.45, 2.75) is 6.92 Å². The van der Waals surface area contributed by atoms with E-state index < -0.39 is 0 Å². The van der Waals surface area contributed by atoms with Gasteiger partial charge < -0.3 is 0 Å². The van der Waals surface area contributed by atoms with Crippen molar-refractivity contribution in [3.63, 3.8) is 0 Å². The molecule has 202 valence electrons. The van der Waals surface area contributed by atoms with Gasteiger partial charge in [-0.25, -0.2) is 0 Å². The van der Waals surface area contributed by atoms with Crippen LogP contribution >= 0.6 is 0 Å². The molecule has 1 heteroatoms. The van der Waals surface area contributed by atoms with Crippen LogP contribution in [0, 0.1) is 6.92 Å². The maximum atomic E-state index is 4.28. The van der Waals surface area contributed by atoms with E-state index in [0.29, 0.717) is 0 Å². The first-order valence-corrected chi connectivity index (χ1v) is 14.7. The zero-order chi connectivity index (χ0) is 28.9. The van der Waals surface area contributed by atoms with Crippen molar-refractivity contribution in [2.24, 2.45) is 4.99 Å². The molecule has 0 radical (unpaired) electrons. The van der Waals surface area contributed by atoms with E-state index in [2.05, 4.69) is 164 Å². The molecule has 1 nitrogen and oxygen atoms in total. The van der Waals surface area contributed by atoms with Gasteiger partial charge in [-0.05, 0) is 120 Å². The molecule has 0 aliphatic rings. The molecule has 0 spiro atoms. The molecule has 0 unspecified atom stereocenters. The van der Waals surface area contributed by atoms with Crippen molar-refractivity contribution in [3.8, 4) is 33.4 Å². The summed E-state index contributed by atoms with van der Waals surface area (Å²) in [5.41, 5.74) is 9.33. The average Bonchev–Trinajstić information content (AvgIpc) is 3.06.